The van der Waals surface area contributed by atoms with E-state index in [1.165, 1.54) is 12.8 Å². The van der Waals surface area contributed by atoms with Crippen LogP contribution >= 0.6 is 0 Å². The highest BCUT2D eigenvalue weighted by atomic mass is 16.4. The molecule has 0 aromatic carbocycles. The van der Waals surface area contributed by atoms with Gasteiger partial charge in [0.05, 0.1) is 6.20 Å². The van der Waals surface area contributed by atoms with Gasteiger partial charge in [-0.1, -0.05) is 6.92 Å². The zero-order valence-electron chi connectivity index (χ0n) is 10.5. The maximum Gasteiger partial charge on any atom is 0.194 e. The summed E-state index contributed by atoms with van der Waals surface area (Å²) in [5, 5.41) is 0. The van der Waals surface area contributed by atoms with Crippen molar-refractivity contribution in [3.63, 3.8) is 0 Å². The Morgan fingerprint density at radius 3 is 3.06 bits per heavy atom. The lowest BCUT2D eigenvalue weighted by Crippen LogP contribution is -2.35. The molecule has 2 rings (SSSR count). The minimum Gasteiger partial charge on any atom is -0.444 e. The van der Waals surface area contributed by atoms with E-state index in [0.29, 0.717) is 18.5 Å². The van der Waals surface area contributed by atoms with E-state index in [9.17, 15) is 0 Å². The number of aryl methyl sites for hydroxylation is 1. The van der Waals surface area contributed by atoms with Crippen LogP contribution in [-0.2, 0) is 13.0 Å². The van der Waals surface area contributed by atoms with Gasteiger partial charge in [-0.15, -0.1) is 0 Å². The molecule has 0 spiro atoms. The van der Waals surface area contributed by atoms with E-state index in [0.717, 1.165) is 24.5 Å². The van der Waals surface area contributed by atoms with Crippen LogP contribution in [-0.4, -0.2) is 28.9 Å². The fraction of sp³-hybridized carbons (Fsp3) is 0.667. The van der Waals surface area contributed by atoms with Crippen molar-refractivity contribution >= 4 is 5.96 Å². The molecule has 1 aromatic rings. The molecule has 1 aliphatic carbocycles. The zero-order chi connectivity index (χ0) is 12.3. The Balaban J connectivity index is 1.88. The molecule has 1 fully saturated rings. The van der Waals surface area contributed by atoms with E-state index in [1.54, 1.807) is 6.20 Å². The first kappa shape index (κ1) is 12.0. The van der Waals surface area contributed by atoms with Crippen LogP contribution in [0.15, 0.2) is 15.6 Å². The minimum atomic E-state index is 0.472. The molecule has 94 valence electrons. The normalized spacial score (nSPS) is 16.2. The summed E-state index contributed by atoms with van der Waals surface area (Å²) in [6.45, 7) is 2.57. The molecule has 1 aliphatic rings. The second-order valence-electron chi connectivity index (χ2n) is 4.49. The van der Waals surface area contributed by atoms with Gasteiger partial charge in [0.1, 0.15) is 12.3 Å². The van der Waals surface area contributed by atoms with Gasteiger partial charge in [-0.2, -0.15) is 0 Å². The summed E-state index contributed by atoms with van der Waals surface area (Å²) in [4.78, 5) is 10.5. The van der Waals surface area contributed by atoms with Gasteiger partial charge in [0, 0.05) is 19.5 Å². The van der Waals surface area contributed by atoms with Crippen LogP contribution in [0.5, 0.6) is 0 Å². The summed E-state index contributed by atoms with van der Waals surface area (Å²) in [7, 11) is 1.99. The van der Waals surface area contributed by atoms with E-state index in [1.807, 2.05) is 11.9 Å². The highest BCUT2D eigenvalue weighted by Crippen LogP contribution is 2.24. The Bertz CT molecular complexity index is 395. The fourth-order valence-electron chi connectivity index (χ4n) is 1.67. The molecular weight excluding hydrogens is 216 g/mol. The third kappa shape index (κ3) is 3.22. The number of oxazole rings is 1. The fourth-order valence-corrected chi connectivity index (χ4v) is 1.67. The van der Waals surface area contributed by atoms with Gasteiger partial charge >= 0.3 is 0 Å². The van der Waals surface area contributed by atoms with E-state index in [2.05, 4.69) is 16.9 Å². The second-order valence-corrected chi connectivity index (χ2v) is 4.49. The van der Waals surface area contributed by atoms with Crippen LogP contribution in [0.2, 0.25) is 0 Å². The number of aliphatic imine (C=N–C) groups is 1. The van der Waals surface area contributed by atoms with Gasteiger partial charge in [0.15, 0.2) is 11.9 Å². The Labute approximate surface area is 102 Å². The minimum absolute atomic E-state index is 0.472. The number of guanidine groups is 1. The molecule has 0 bridgehead atoms. The molecule has 1 saturated carbocycles. The zero-order valence-corrected chi connectivity index (χ0v) is 10.5. The van der Waals surface area contributed by atoms with Crippen LogP contribution in [0, 0.1) is 0 Å². The smallest absolute Gasteiger partial charge is 0.194 e. The maximum absolute atomic E-state index is 5.89. The molecule has 0 radical (unpaired) electrons. The van der Waals surface area contributed by atoms with Gasteiger partial charge in [-0.25, -0.2) is 9.98 Å². The predicted molar refractivity (Wildman–Crippen MR) is 66.6 cm³/mol. The van der Waals surface area contributed by atoms with Crippen molar-refractivity contribution in [3.05, 3.63) is 17.8 Å². The Hall–Kier alpha value is -1.52. The van der Waals surface area contributed by atoms with Crippen LogP contribution < -0.4 is 5.73 Å². The SMILES string of the molecule is CCCc1ncc(CN=C(N)N(C)C2CC2)o1. The Kier molecular flexibility index (Phi) is 3.66. The number of nitrogens with zero attached hydrogens (tertiary/aromatic N) is 3. The first-order chi connectivity index (χ1) is 8.20. The third-order valence-electron chi connectivity index (χ3n) is 2.92. The van der Waals surface area contributed by atoms with Crippen molar-refractivity contribution in [2.24, 2.45) is 10.7 Å². The van der Waals surface area contributed by atoms with Crippen LogP contribution in [0.4, 0.5) is 0 Å². The lowest BCUT2D eigenvalue weighted by Gasteiger charge is -2.16. The molecule has 1 aromatic heterocycles. The molecule has 0 amide bonds. The number of nitrogens with two attached hydrogens (primary N) is 1. The molecule has 2 N–H and O–H groups in total. The van der Waals surface area contributed by atoms with Crippen molar-refractivity contribution in [3.8, 4) is 0 Å². The van der Waals surface area contributed by atoms with E-state index in [4.69, 9.17) is 10.2 Å². The van der Waals surface area contributed by atoms with Crippen molar-refractivity contribution in [2.45, 2.75) is 45.2 Å². The molecule has 0 aliphatic heterocycles. The summed E-state index contributed by atoms with van der Waals surface area (Å²) >= 11 is 0. The summed E-state index contributed by atoms with van der Waals surface area (Å²) in [6, 6.07) is 0.587. The lowest BCUT2D eigenvalue weighted by atomic mass is 10.3. The van der Waals surface area contributed by atoms with Crippen molar-refractivity contribution in [1.82, 2.24) is 9.88 Å². The summed E-state index contributed by atoms with van der Waals surface area (Å²) in [5.74, 6) is 2.15. The van der Waals surface area contributed by atoms with Crippen molar-refractivity contribution in [2.75, 3.05) is 7.05 Å². The van der Waals surface area contributed by atoms with Gasteiger partial charge in [0.2, 0.25) is 0 Å². The summed E-state index contributed by atoms with van der Waals surface area (Å²) < 4.78 is 5.54. The monoisotopic (exact) mass is 236 g/mol. The summed E-state index contributed by atoms with van der Waals surface area (Å²) in [5.41, 5.74) is 5.89. The highest BCUT2D eigenvalue weighted by molar-refractivity contribution is 5.78. The first-order valence-corrected chi connectivity index (χ1v) is 6.17. The van der Waals surface area contributed by atoms with E-state index in [-0.39, 0.29) is 0 Å². The van der Waals surface area contributed by atoms with Crippen LogP contribution in [0.3, 0.4) is 0 Å². The van der Waals surface area contributed by atoms with Crippen molar-refractivity contribution in [1.29, 1.82) is 0 Å². The predicted octanol–water partition coefficient (Wildman–Crippen LogP) is 1.54. The molecule has 1 heterocycles. The molecule has 0 atom stereocenters. The quantitative estimate of drug-likeness (QED) is 0.622. The lowest BCUT2D eigenvalue weighted by molar-refractivity contribution is 0.449. The Morgan fingerprint density at radius 2 is 2.41 bits per heavy atom. The van der Waals surface area contributed by atoms with Crippen molar-refractivity contribution < 1.29 is 4.42 Å². The number of hydrogen-bond acceptors (Lipinski definition) is 3. The van der Waals surface area contributed by atoms with Crippen LogP contribution in [0.25, 0.3) is 0 Å². The van der Waals surface area contributed by atoms with Gasteiger partial charge < -0.3 is 15.1 Å². The summed E-state index contributed by atoms with van der Waals surface area (Å²) in [6.07, 6.45) is 6.08. The number of rotatable bonds is 5. The number of aromatic nitrogens is 1. The maximum atomic E-state index is 5.89. The second kappa shape index (κ2) is 5.21. The van der Waals surface area contributed by atoms with Gasteiger partial charge in [-0.05, 0) is 19.3 Å². The number of hydrogen-bond donors (Lipinski definition) is 1. The molecule has 5 nitrogen and oxygen atoms in total. The Morgan fingerprint density at radius 1 is 1.65 bits per heavy atom. The molecule has 17 heavy (non-hydrogen) atoms. The largest absolute Gasteiger partial charge is 0.444 e. The van der Waals surface area contributed by atoms with Gasteiger partial charge in [0.25, 0.3) is 0 Å². The van der Waals surface area contributed by atoms with Gasteiger partial charge in [-0.3, -0.25) is 0 Å². The first-order valence-electron chi connectivity index (χ1n) is 6.17. The van der Waals surface area contributed by atoms with Crippen LogP contribution in [0.1, 0.15) is 37.8 Å². The van der Waals surface area contributed by atoms with E-state index >= 15 is 0 Å². The van der Waals surface area contributed by atoms with E-state index < -0.39 is 0 Å². The highest BCUT2D eigenvalue weighted by Gasteiger charge is 2.27. The average Bonchev–Trinajstić information content (AvgIpc) is 3.08. The standard InChI is InChI=1S/C12H20N4O/c1-3-4-11-14-7-10(17-11)8-15-12(13)16(2)9-5-6-9/h7,9H,3-6,8H2,1-2H3,(H2,13,15). The topological polar surface area (TPSA) is 67.7 Å². The average molecular weight is 236 g/mol. The molecular formula is C12H20N4O. The molecule has 5 heteroatoms. The molecule has 0 saturated heterocycles. The third-order valence-corrected chi connectivity index (χ3v) is 2.92. The molecule has 0 unspecified atom stereocenters.